The molecule has 2 aromatic rings. The average Bonchev–Trinajstić information content (AvgIpc) is 2.42. The van der Waals surface area contributed by atoms with Crippen molar-refractivity contribution in [3.63, 3.8) is 0 Å². The molecule has 0 bridgehead atoms. The van der Waals surface area contributed by atoms with Crippen LogP contribution in [0.3, 0.4) is 0 Å². The molecule has 0 aliphatic heterocycles. The maximum absolute atomic E-state index is 12.1. The molecular weight excluding hydrogens is 340 g/mol. The lowest BCUT2D eigenvalue weighted by Gasteiger charge is -2.08. The van der Waals surface area contributed by atoms with Gasteiger partial charge < -0.3 is 10.4 Å². The molecule has 7 heteroatoms. The molecule has 0 heterocycles. The summed E-state index contributed by atoms with van der Waals surface area (Å²) in [5.74, 6) is -0.864. The minimum Gasteiger partial charge on any atom is -0.508 e. The molecule has 0 aromatic heterocycles. The Balaban J connectivity index is 2.34. The molecule has 1 amide bonds. The van der Waals surface area contributed by atoms with Gasteiger partial charge in [-0.2, -0.15) is 0 Å². The second kappa shape index (κ2) is 5.92. The predicted molar refractivity (Wildman–Crippen MR) is 81.6 cm³/mol. The monoisotopic (exact) mass is 350 g/mol. The van der Waals surface area contributed by atoms with E-state index in [9.17, 15) is 20.0 Å². The zero-order chi connectivity index (χ0) is 15.6. The number of nitro benzene ring substituents is 1. The van der Waals surface area contributed by atoms with E-state index in [0.717, 1.165) is 22.2 Å². The number of hydrogen-bond donors (Lipinski definition) is 2. The predicted octanol–water partition coefficient (Wildman–Crippen LogP) is 3.62. The highest BCUT2D eigenvalue weighted by molar-refractivity contribution is 9.10. The van der Waals surface area contributed by atoms with Gasteiger partial charge in [0.15, 0.2) is 0 Å². The first-order chi connectivity index (χ1) is 9.88. The van der Waals surface area contributed by atoms with E-state index in [1.807, 2.05) is 6.92 Å². The Bertz CT molecular complexity index is 731. The molecule has 0 aliphatic rings. The lowest BCUT2D eigenvalue weighted by molar-refractivity contribution is -0.385. The van der Waals surface area contributed by atoms with Gasteiger partial charge in [0.1, 0.15) is 11.3 Å². The van der Waals surface area contributed by atoms with Crippen molar-refractivity contribution in [3.8, 4) is 5.75 Å². The number of benzene rings is 2. The number of carbonyl (C=O) groups excluding carboxylic acids is 1. The normalized spacial score (nSPS) is 10.2. The lowest BCUT2D eigenvalue weighted by Crippen LogP contribution is -2.14. The fourth-order valence-electron chi connectivity index (χ4n) is 1.79. The third-order valence-corrected chi connectivity index (χ3v) is 3.73. The minimum atomic E-state index is -0.665. The van der Waals surface area contributed by atoms with E-state index in [1.54, 1.807) is 18.2 Å². The number of amides is 1. The van der Waals surface area contributed by atoms with Crippen LogP contribution < -0.4 is 5.32 Å². The standard InChI is InChI=1S/C14H11BrN2O4/c1-8-6-9(2-4-12(8)15)16-14(19)11-7-10(18)3-5-13(11)17(20)21/h2-7,18H,1H3,(H,16,19). The molecule has 0 spiro atoms. The van der Waals surface area contributed by atoms with Gasteiger partial charge in [-0.15, -0.1) is 0 Å². The Labute approximate surface area is 128 Å². The lowest BCUT2D eigenvalue weighted by atomic mass is 10.1. The number of nitrogens with one attached hydrogen (secondary N) is 1. The van der Waals surface area contributed by atoms with Crippen LogP contribution in [0.2, 0.25) is 0 Å². The molecule has 0 aliphatic carbocycles. The van der Waals surface area contributed by atoms with Gasteiger partial charge in [0.05, 0.1) is 4.92 Å². The molecule has 2 N–H and O–H groups in total. The zero-order valence-corrected chi connectivity index (χ0v) is 12.5. The van der Waals surface area contributed by atoms with Crippen LogP contribution in [-0.2, 0) is 0 Å². The highest BCUT2D eigenvalue weighted by atomic mass is 79.9. The molecule has 0 fully saturated rings. The van der Waals surface area contributed by atoms with Crippen LogP contribution in [0, 0.1) is 17.0 Å². The summed E-state index contributed by atoms with van der Waals surface area (Å²) in [6, 6.07) is 8.50. The molecule has 0 saturated carbocycles. The Morgan fingerprint density at radius 2 is 2.00 bits per heavy atom. The molecular formula is C14H11BrN2O4. The number of aryl methyl sites for hydroxylation is 1. The van der Waals surface area contributed by atoms with Crippen molar-refractivity contribution >= 4 is 33.2 Å². The topological polar surface area (TPSA) is 92.5 Å². The van der Waals surface area contributed by atoms with Crippen LogP contribution in [0.25, 0.3) is 0 Å². The smallest absolute Gasteiger partial charge is 0.282 e. The first-order valence-electron chi connectivity index (χ1n) is 5.93. The average molecular weight is 351 g/mol. The number of halogens is 1. The summed E-state index contributed by atoms with van der Waals surface area (Å²) in [5, 5.41) is 22.9. The molecule has 0 atom stereocenters. The summed E-state index contributed by atoms with van der Waals surface area (Å²) in [5.41, 5.74) is 0.872. The van der Waals surface area contributed by atoms with Crippen LogP contribution in [-0.4, -0.2) is 15.9 Å². The maximum Gasteiger partial charge on any atom is 0.282 e. The molecule has 108 valence electrons. The number of carbonyl (C=O) groups is 1. The molecule has 0 radical (unpaired) electrons. The van der Waals surface area contributed by atoms with Crippen LogP contribution in [0.4, 0.5) is 11.4 Å². The Hall–Kier alpha value is -2.41. The zero-order valence-electron chi connectivity index (χ0n) is 11.0. The van der Waals surface area contributed by atoms with Crippen molar-refractivity contribution in [3.05, 3.63) is 62.1 Å². The largest absolute Gasteiger partial charge is 0.508 e. The summed E-state index contributed by atoms with van der Waals surface area (Å²) in [4.78, 5) is 22.4. The Kier molecular flexibility index (Phi) is 4.23. The van der Waals surface area contributed by atoms with E-state index in [-0.39, 0.29) is 17.0 Å². The fourth-order valence-corrected chi connectivity index (χ4v) is 2.03. The van der Waals surface area contributed by atoms with Crippen molar-refractivity contribution in [2.75, 3.05) is 5.32 Å². The van der Waals surface area contributed by atoms with E-state index < -0.39 is 10.8 Å². The van der Waals surface area contributed by atoms with Gasteiger partial charge in [0.2, 0.25) is 0 Å². The van der Waals surface area contributed by atoms with Crippen molar-refractivity contribution < 1.29 is 14.8 Å². The van der Waals surface area contributed by atoms with Crippen molar-refractivity contribution in [1.82, 2.24) is 0 Å². The van der Waals surface area contributed by atoms with E-state index in [0.29, 0.717) is 5.69 Å². The number of phenols is 1. The second-order valence-electron chi connectivity index (χ2n) is 4.38. The Morgan fingerprint density at radius 3 is 2.62 bits per heavy atom. The Morgan fingerprint density at radius 1 is 1.29 bits per heavy atom. The van der Waals surface area contributed by atoms with E-state index in [2.05, 4.69) is 21.2 Å². The number of aromatic hydroxyl groups is 1. The van der Waals surface area contributed by atoms with Crippen molar-refractivity contribution in [1.29, 1.82) is 0 Å². The van der Waals surface area contributed by atoms with Gasteiger partial charge in [-0.3, -0.25) is 14.9 Å². The quantitative estimate of drug-likeness (QED) is 0.652. The van der Waals surface area contributed by atoms with Gasteiger partial charge in [0, 0.05) is 16.2 Å². The van der Waals surface area contributed by atoms with Crippen LogP contribution in [0.5, 0.6) is 5.75 Å². The molecule has 6 nitrogen and oxygen atoms in total. The van der Waals surface area contributed by atoms with E-state index in [4.69, 9.17) is 0 Å². The summed E-state index contributed by atoms with van der Waals surface area (Å²) in [6.07, 6.45) is 0. The van der Waals surface area contributed by atoms with Crippen LogP contribution >= 0.6 is 15.9 Å². The minimum absolute atomic E-state index is 0.194. The molecule has 2 rings (SSSR count). The van der Waals surface area contributed by atoms with Crippen LogP contribution in [0.1, 0.15) is 15.9 Å². The summed E-state index contributed by atoms with van der Waals surface area (Å²) < 4.78 is 0.892. The van der Waals surface area contributed by atoms with Gasteiger partial charge in [-0.25, -0.2) is 0 Å². The molecule has 21 heavy (non-hydrogen) atoms. The number of nitrogens with zero attached hydrogens (tertiary/aromatic N) is 1. The number of rotatable bonds is 3. The maximum atomic E-state index is 12.1. The highest BCUT2D eigenvalue weighted by Gasteiger charge is 2.20. The SMILES string of the molecule is Cc1cc(NC(=O)c2cc(O)ccc2[N+](=O)[O-])ccc1Br. The highest BCUT2D eigenvalue weighted by Crippen LogP contribution is 2.25. The van der Waals surface area contributed by atoms with E-state index in [1.165, 1.54) is 6.07 Å². The van der Waals surface area contributed by atoms with Crippen molar-refractivity contribution in [2.45, 2.75) is 6.92 Å². The van der Waals surface area contributed by atoms with Crippen molar-refractivity contribution in [2.24, 2.45) is 0 Å². The number of anilines is 1. The molecule has 0 saturated heterocycles. The van der Waals surface area contributed by atoms with Gasteiger partial charge >= 0.3 is 0 Å². The number of hydrogen-bond acceptors (Lipinski definition) is 4. The first kappa shape index (κ1) is 15.0. The van der Waals surface area contributed by atoms with E-state index >= 15 is 0 Å². The fraction of sp³-hybridized carbons (Fsp3) is 0.0714. The second-order valence-corrected chi connectivity index (χ2v) is 5.23. The van der Waals surface area contributed by atoms with Gasteiger partial charge in [0.25, 0.3) is 11.6 Å². The van der Waals surface area contributed by atoms with Crippen LogP contribution in [0.15, 0.2) is 40.9 Å². The molecule has 0 unspecified atom stereocenters. The first-order valence-corrected chi connectivity index (χ1v) is 6.72. The summed E-state index contributed by atoms with van der Waals surface area (Å²) >= 11 is 3.35. The number of phenolic OH excluding ortho intramolecular Hbond substituents is 1. The summed E-state index contributed by atoms with van der Waals surface area (Å²) in [6.45, 7) is 1.86. The van der Waals surface area contributed by atoms with Gasteiger partial charge in [-0.05, 0) is 42.8 Å². The van der Waals surface area contributed by atoms with Gasteiger partial charge in [-0.1, -0.05) is 15.9 Å². The summed E-state index contributed by atoms with van der Waals surface area (Å²) in [7, 11) is 0. The molecule has 2 aromatic carbocycles. The third-order valence-electron chi connectivity index (χ3n) is 2.84. The number of nitro groups is 1. The third kappa shape index (κ3) is 3.38.